The molecule has 2 fully saturated rings. The van der Waals surface area contributed by atoms with Crippen LogP contribution in [0.25, 0.3) is 0 Å². The standard InChI is InChI=1S/C15H24N4OS/c1-12-10-14(17-15(16-12)21-2)19-6-3-5-18(7-8-19)13-4-9-20-11-13/h10,13H,3-9,11H2,1-2H3. The molecule has 3 heterocycles. The average Bonchev–Trinajstić information content (AvgIpc) is 2.91. The second kappa shape index (κ2) is 6.94. The van der Waals surface area contributed by atoms with Crippen LogP contribution in [0.4, 0.5) is 5.82 Å². The monoisotopic (exact) mass is 308 g/mol. The van der Waals surface area contributed by atoms with Crippen LogP contribution in [0.1, 0.15) is 18.5 Å². The van der Waals surface area contributed by atoms with Gasteiger partial charge in [-0.05, 0) is 26.0 Å². The fraction of sp³-hybridized carbons (Fsp3) is 0.733. The number of rotatable bonds is 3. The Bertz CT molecular complexity index is 479. The predicted octanol–water partition coefficient (Wildman–Crippen LogP) is 1.81. The Balaban J connectivity index is 1.68. The van der Waals surface area contributed by atoms with Crippen molar-refractivity contribution in [3.63, 3.8) is 0 Å². The van der Waals surface area contributed by atoms with Crippen LogP contribution in [0, 0.1) is 6.92 Å². The molecule has 0 saturated carbocycles. The molecule has 0 spiro atoms. The first-order chi connectivity index (χ1) is 10.3. The number of anilines is 1. The summed E-state index contributed by atoms with van der Waals surface area (Å²) in [5, 5.41) is 0.871. The SMILES string of the molecule is CSc1nc(C)cc(N2CCCN(C3CCOC3)CC2)n1. The molecule has 0 bridgehead atoms. The van der Waals surface area contributed by atoms with Crippen LogP contribution in [0.2, 0.25) is 0 Å². The lowest BCUT2D eigenvalue weighted by Gasteiger charge is -2.26. The summed E-state index contributed by atoms with van der Waals surface area (Å²) in [6.07, 6.45) is 4.40. The topological polar surface area (TPSA) is 41.5 Å². The van der Waals surface area contributed by atoms with Gasteiger partial charge in [0.05, 0.1) is 6.61 Å². The predicted molar refractivity (Wildman–Crippen MR) is 86.2 cm³/mol. The van der Waals surface area contributed by atoms with E-state index in [0.717, 1.165) is 49.5 Å². The highest BCUT2D eigenvalue weighted by molar-refractivity contribution is 7.98. The van der Waals surface area contributed by atoms with Gasteiger partial charge in [-0.3, -0.25) is 4.90 Å². The van der Waals surface area contributed by atoms with Crippen LogP contribution < -0.4 is 4.90 Å². The Hall–Kier alpha value is -0.850. The van der Waals surface area contributed by atoms with Gasteiger partial charge in [0.1, 0.15) is 5.82 Å². The molecule has 1 atom stereocenters. The third-order valence-corrected chi connectivity index (χ3v) is 4.83. The lowest BCUT2D eigenvalue weighted by molar-refractivity contribution is 0.148. The van der Waals surface area contributed by atoms with E-state index >= 15 is 0 Å². The van der Waals surface area contributed by atoms with E-state index in [2.05, 4.69) is 25.8 Å². The summed E-state index contributed by atoms with van der Waals surface area (Å²) in [4.78, 5) is 14.1. The van der Waals surface area contributed by atoms with Gasteiger partial charge in [-0.25, -0.2) is 9.97 Å². The van der Waals surface area contributed by atoms with Crippen LogP contribution in [0.3, 0.4) is 0 Å². The molecule has 0 amide bonds. The quantitative estimate of drug-likeness (QED) is 0.626. The van der Waals surface area contributed by atoms with Gasteiger partial charge in [-0.2, -0.15) is 0 Å². The van der Waals surface area contributed by atoms with Crippen LogP contribution >= 0.6 is 11.8 Å². The number of hydrogen-bond acceptors (Lipinski definition) is 6. The summed E-state index contributed by atoms with van der Waals surface area (Å²) in [6, 6.07) is 2.73. The molecular formula is C15H24N4OS. The fourth-order valence-corrected chi connectivity index (χ4v) is 3.54. The molecule has 0 N–H and O–H groups in total. The normalized spacial score (nSPS) is 24.3. The van der Waals surface area contributed by atoms with Crippen molar-refractivity contribution in [3.05, 3.63) is 11.8 Å². The third kappa shape index (κ3) is 3.67. The van der Waals surface area contributed by atoms with Gasteiger partial charge in [-0.1, -0.05) is 11.8 Å². The smallest absolute Gasteiger partial charge is 0.189 e. The van der Waals surface area contributed by atoms with Gasteiger partial charge in [0.15, 0.2) is 5.16 Å². The lowest BCUT2D eigenvalue weighted by Crippen LogP contribution is -2.38. The summed E-state index contributed by atoms with van der Waals surface area (Å²) < 4.78 is 5.53. The maximum Gasteiger partial charge on any atom is 0.189 e. The zero-order valence-electron chi connectivity index (χ0n) is 12.9. The van der Waals surface area contributed by atoms with Gasteiger partial charge < -0.3 is 9.64 Å². The molecule has 0 aromatic carbocycles. The van der Waals surface area contributed by atoms with Crippen LogP contribution in [-0.2, 0) is 4.74 Å². The highest BCUT2D eigenvalue weighted by Crippen LogP contribution is 2.20. The third-order valence-electron chi connectivity index (χ3n) is 4.28. The van der Waals surface area contributed by atoms with E-state index in [-0.39, 0.29) is 0 Å². The molecule has 21 heavy (non-hydrogen) atoms. The molecule has 2 aliphatic heterocycles. The molecule has 1 unspecified atom stereocenters. The first kappa shape index (κ1) is 15.1. The number of aryl methyl sites for hydroxylation is 1. The van der Waals surface area contributed by atoms with Crippen molar-refractivity contribution in [2.24, 2.45) is 0 Å². The summed E-state index contributed by atoms with van der Waals surface area (Å²) in [5.74, 6) is 1.08. The van der Waals surface area contributed by atoms with E-state index in [0.29, 0.717) is 6.04 Å². The van der Waals surface area contributed by atoms with E-state index in [4.69, 9.17) is 4.74 Å². The molecule has 3 rings (SSSR count). The van der Waals surface area contributed by atoms with Gasteiger partial charge in [0.2, 0.25) is 0 Å². The lowest BCUT2D eigenvalue weighted by atomic mass is 10.2. The van der Waals surface area contributed by atoms with Crippen LogP contribution in [0.5, 0.6) is 0 Å². The largest absolute Gasteiger partial charge is 0.380 e. The maximum atomic E-state index is 5.53. The van der Waals surface area contributed by atoms with Gasteiger partial charge >= 0.3 is 0 Å². The molecule has 1 aromatic rings. The maximum absolute atomic E-state index is 5.53. The number of hydrogen-bond donors (Lipinski definition) is 0. The summed E-state index contributed by atoms with van der Waals surface area (Å²) in [7, 11) is 0. The zero-order chi connectivity index (χ0) is 14.7. The first-order valence-corrected chi connectivity index (χ1v) is 8.95. The van der Waals surface area contributed by atoms with Crippen molar-refractivity contribution in [2.75, 3.05) is 50.5 Å². The molecule has 6 heteroatoms. The molecule has 2 saturated heterocycles. The van der Waals surface area contributed by atoms with Crippen molar-refractivity contribution in [1.82, 2.24) is 14.9 Å². The highest BCUT2D eigenvalue weighted by atomic mass is 32.2. The highest BCUT2D eigenvalue weighted by Gasteiger charge is 2.25. The van der Waals surface area contributed by atoms with Gasteiger partial charge in [0, 0.05) is 50.6 Å². The molecular weight excluding hydrogens is 284 g/mol. The van der Waals surface area contributed by atoms with E-state index < -0.39 is 0 Å². The number of nitrogens with zero attached hydrogens (tertiary/aromatic N) is 4. The number of ether oxygens (including phenoxy) is 1. The van der Waals surface area contributed by atoms with Crippen LogP contribution in [0.15, 0.2) is 11.2 Å². The fourth-order valence-electron chi connectivity index (χ4n) is 3.12. The minimum Gasteiger partial charge on any atom is -0.380 e. The van der Waals surface area contributed by atoms with E-state index in [1.807, 2.05) is 13.2 Å². The molecule has 0 radical (unpaired) electrons. The number of aromatic nitrogens is 2. The van der Waals surface area contributed by atoms with E-state index in [1.54, 1.807) is 11.8 Å². The summed E-state index contributed by atoms with van der Waals surface area (Å²) in [5.41, 5.74) is 1.05. The van der Waals surface area contributed by atoms with Crippen molar-refractivity contribution in [2.45, 2.75) is 31.0 Å². The second-order valence-electron chi connectivity index (χ2n) is 5.75. The Morgan fingerprint density at radius 3 is 2.90 bits per heavy atom. The van der Waals surface area contributed by atoms with E-state index in [9.17, 15) is 0 Å². The molecule has 0 aliphatic carbocycles. The van der Waals surface area contributed by atoms with Crippen molar-refractivity contribution >= 4 is 17.6 Å². The Labute approximate surface area is 131 Å². The van der Waals surface area contributed by atoms with Crippen molar-refractivity contribution < 1.29 is 4.74 Å². The van der Waals surface area contributed by atoms with Crippen molar-refractivity contribution in [1.29, 1.82) is 0 Å². The Morgan fingerprint density at radius 2 is 2.14 bits per heavy atom. The first-order valence-electron chi connectivity index (χ1n) is 7.72. The Morgan fingerprint density at radius 1 is 1.24 bits per heavy atom. The molecule has 5 nitrogen and oxygen atoms in total. The van der Waals surface area contributed by atoms with Crippen LogP contribution in [-0.4, -0.2) is 66.6 Å². The van der Waals surface area contributed by atoms with Gasteiger partial charge in [-0.15, -0.1) is 0 Å². The van der Waals surface area contributed by atoms with Gasteiger partial charge in [0.25, 0.3) is 0 Å². The molecule has 2 aliphatic rings. The number of thioether (sulfide) groups is 1. The van der Waals surface area contributed by atoms with E-state index in [1.165, 1.54) is 19.4 Å². The average molecular weight is 308 g/mol. The molecule has 116 valence electrons. The zero-order valence-corrected chi connectivity index (χ0v) is 13.7. The Kier molecular flexibility index (Phi) is 4.98. The van der Waals surface area contributed by atoms with Crippen molar-refractivity contribution in [3.8, 4) is 0 Å². The summed E-state index contributed by atoms with van der Waals surface area (Å²) >= 11 is 1.61. The second-order valence-corrected chi connectivity index (χ2v) is 6.52. The minimum absolute atomic E-state index is 0.624. The summed E-state index contributed by atoms with van der Waals surface area (Å²) in [6.45, 7) is 8.27. The molecule has 1 aromatic heterocycles. The minimum atomic E-state index is 0.624.